The summed E-state index contributed by atoms with van der Waals surface area (Å²) in [5.74, 6) is -0.626. The monoisotopic (exact) mass is 250 g/mol. The smallest absolute Gasteiger partial charge is 0.256 e. The van der Waals surface area contributed by atoms with Crippen molar-refractivity contribution < 1.29 is 9.18 Å². The number of rotatable bonds is 2. The average molecular weight is 250 g/mol. The van der Waals surface area contributed by atoms with Crippen LogP contribution in [-0.4, -0.2) is 48.9 Å². The lowest BCUT2D eigenvalue weighted by molar-refractivity contribution is 0.0778. The van der Waals surface area contributed by atoms with Gasteiger partial charge in [0, 0.05) is 19.1 Å². The molecule has 0 aromatic heterocycles. The van der Waals surface area contributed by atoms with E-state index in [2.05, 4.69) is 4.90 Å². The Hall–Kier alpha value is -1.42. The number of nitrogens with zero attached hydrogens (tertiary/aromatic N) is 2. The second-order valence-electron chi connectivity index (χ2n) is 5.14. The highest BCUT2D eigenvalue weighted by molar-refractivity contribution is 5.94. The van der Waals surface area contributed by atoms with Crippen LogP contribution in [0.25, 0.3) is 0 Å². The number of likely N-dealkylation sites (tertiary alicyclic amines) is 1. The number of hydrogen-bond donors (Lipinski definition) is 0. The number of benzene rings is 1. The van der Waals surface area contributed by atoms with Crippen molar-refractivity contribution >= 4 is 5.91 Å². The van der Waals surface area contributed by atoms with Crippen molar-refractivity contribution in [1.29, 1.82) is 0 Å². The van der Waals surface area contributed by atoms with Crippen molar-refractivity contribution in [3.8, 4) is 0 Å². The van der Waals surface area contributed by atoms with Crippen LogP contribution in [0.3, 0.4) is 0 Å². The maximum atomic E-state index is 13.7. The molecule has 1 saturated heterocycles. The third-order valence-electron chi connectivity index (χ3n) is 3.53. The molecule has 0 spiro atoms. The van der Waals surface area contributed by atoms with Gasteiger partial charge in [-0.25, -0.2) is 4.39 Å². The Morgan fingerprint density at radius 3 is 2.78 bits per heavy atom. The van der Waals surface area contributed by atoms with Crippen LogP contribution in [0.4, 0.5) is 4.39 Å². The van der Waals surface area contributed by atoms with E-state index in [-0.39, 0.29) is 11.5 Å². The molecular formula is C14H19FN2O. The van der Waals surface area contributed by atoms with Gasteiger partial charge < -0.3 is 9.80 Å². The van der Waals surface area contributed by atoms with Crippen LogP contribution in [0, 0.1) is 12.7 Å². The van der Waals surface area contributed by atoms with Gasteiger partial charge in [0.25, 0.3) is 5.91 Å². The fraction of sp³-hybridized carbons (Fsp3) is 0.500. The minimum absolute atomic E-state index is 0.189. The molecule has 0 N–H and O–H groups in total. The molecule has 1 fully saturated rings. The zero-order chi connectivity index (χ0) is 13.3. The number of likely N-dealkylation sites (N-methyl/N-ethyl adjacent to an activating group) is 1. The Balaban J connectivity index is 2.15. The second kappa shape index (κ2) is 5.06. The third-order valence-corrected chi connectivity index (χ3v) is 3.53. The predicted octanol–water partition coefficient (Wildman–Crippen LogP) is 1.91. The van der Waals surface area contributed by atoms with Crippen LogP contribution in [0.1, 0.15) is 22.3 Å². The molecule has 1 atom stereocenters. The van der Waals surface area contributed by atoms with Crippen molar-refractivity contribution in [1.82, 2.24) is 9.80 Å². The predicted molar refractivity (Wildman–Crippen MR) is 69.1 cm³/mol. The topological polar surface area (TPSA) is 23.6 Å². The first kappa shape index (κ1) is 13.0. The maximum absolute atomic E-state index is 13.7. The lowest BCUT2D eigenvalue weighted by Crippen LogP contribution is -2.34. The number of aryl methyl sites for hydroxylation is 1. The summed E-state index contributed by atoms with van der Waals surface area (Å²) in [5, 5.41) is 0. The Morgan fingerprint density at radius 2 is 2.17 bits per heavy atom. The van der Waals surface area contributed by atoms with Gasteiger partial charge in [-0.15, -0.1) is 0 Å². The molecule has 0 radical (unpaired) electrons. The summed E-state index contributed by atoms with van der Waals surface area (Å²) in [6.07, 6.45) is 0.951. The van der Waals surface area contributed by atoms with E-state index in [1.54, 1.807) is 17.0 Å². The summed E-state index contributed by atoms with van der Waals surface area (Å²) in [4.78, 5) is 16.1. The molecule has 1 aliphatic heterocycles. The van der Waals surface area contributed by atoms with Gasteiger partial charge in [0.05, 0.1) is 5.56 Å². The van der Waals surface area contributed by atoms with Gasteiger partial charge in [-0.2, -0.15) is 0 Å². The second-order valence-corrected chi connectivity index (χ2v) is 5.14. The van der Waals surface area contributed by atoms with Crippen molar-refractivity contribution in [2.24, 2.45) is 0 Å². The van der Waals surface area contributed by atoms with Gasteiger partial charge in [-0.05, 0) is 39.6 Å². The highest BCUT2D eigenvalue weighted by atomic mass is 19.1. The van der Waals surface area contributed by atoms with Crippen LogP contribution in [0.2, 0.25) is 0 Å². The van der Waals surface area contributed by atoms with E-state index in [1.165, 1.54) is 6.07 Å². The lowest BCUT2D eigenvalue weighted by Gasteiger charge is -2.20. The van der Waals surface area contributed by atoms with Gasteiger partial charge in [0.2, 0.25) is 0 Å². The number of halogens is 1. The zero-order valence-corrected chi connectivity index (χ0v) is 11.1. The summed E-state index contributed by atoms with van der Waals surface area (Å²) in [6.45, 7) is 3.25. The first-order valence-corrected chi connectivity index (χ1v) is 6.21. The molecule has 1 amide bonds. The maximum Gasteiger partial charge on any atom is 0.256 e. The minimum atomic E-state index is -0.432. The van der Waals surface area contributed by atoms with E-state index in [4.69, 9.17) is 0 Å². The minimum Gasteiger partial charge on any atom is -0.337 e. The van der Waals surface area contributed by atoms with Crippen molar-refractivity contribution in [3.05, 3.63) is 35.1 Å². The molecule has 18 heavy (non-hydrogen) atoms. The quantitative estimate of drug-likeness (QED) is 0.800. The lowest BCUT2D eigenvalue weighted by atomic mass is 10.1. The van der Waals surface area contributed by atoms with Gasteiger partial charge in [-0.1, -0.05) is 11.6 Å². The van der Waals surface area contributed by atoms with E-state index in [0.29, 0.717) is 19.1 Å². The fourth-order valence-corrected chi connectivity index (χ4v) is 2.32. The summed E-state index contributed by atoms with van der Waals surface area (Å²) < 4.78 is 13.7. The average Bonchev–Trinajstić information content (AvgIpc) is 2.81. The van der Waals surface area contributed by atoms with Gasteiger partial charge in [0.15, 0.2) is 0 Å². The zero-order valence-electron chi connectivity index (χ0n) is 11.1. The van der Waals surface area contributed by atoms with Crippen LogP contribution in [0.15, 0.2) is 18.2 Å². The Bertz CT molecular complexity index is 459. The summed E-state index contributed by atoms with van der Waals surface area (Å²) in [7, 11) is 4.01. The molecule has 1 aromatic rings. The number of carbonyl (C=O) groups is 1. The SMILES string of the molecule is Cc1ccc(F)c(C(=O)N2CCC(N(C)C)C2)c1. The molecule has 4 heteroatoms. The Kier molecular flexibility index (Phi) is 3.66. The first-order valence-electron chi connectivity index (χ1n) is 6.21. The van der Waals surface area contributed by atoms with E-state index in [0.717, 1.165) is 12.0 Å². The normalized spacial score (nSPS) is 19.6. The van der Waals surface area contributed by atoms with E-state index >= 15 is 0 Å². The van der Waals surface area contributed by atoms with Crippen LogP contribution < -0.4 is 0 Å². The first-order chi connectivity index (χ1) is 8.49. The van der Waals surface area contributed by atoms with Crippen molar-refractivity contribution in [2.75, 3.05) is 27.2 Å². The molecule has 98 valence electrons. The molecule has 0 aliphatic carbocycles. The number of hydrogen-bond acceptors (Lipinski definition) is 2. The summed E-state index contributed by atoms with van der Waals surface area (Å²) in [5.41, 5.74) is 1.09. The molecule has 1 heterocycles. The number of amides is 1. The third kappa shape index (κ3) is 2.53. The highest BCUT2D eigenvalue weighted by Gasteiger charge is 2.29. The molecular weight excluding hydrogens is 231 g/mol. The number of carbonyl (C=O) groups excluding carboxylic acids is 1. The molecule has 1 unspecified atom stereocenters. The Morgan fingerprint density at radius 1 is 1.44 bits per heavy atom. The van der Waals surface area contributed by atoms with E-state index in [1.807, 2.05) is 21.0 Å². The summed E-state index contributed by atoms with van der Waals surface area (Å²) in [6, 6.07) is 5.04. The summed E-state index contributed by atoms with van der Waals surface area (Å²) >= 11 is 0. The molecule has 1 aromatic carbocycles. The molecule has 0 saturated carbocycles. The largest absolute Gasteiger partial charge is 0.337 e. The Labute approximate surface area is 107 Å². The molecule has 0 bridgehead atoms. The van der Waals surface area contributed by atoms with Crippen LogP contribution >= 0.6 is 0 Å². The van der Waals surface area contributed by atoms with E-state index in [9.17, 15) is 9.18 Å². The highest BCUT2D eigenvalue weighted by Crippen LogP contribution is 2.18. The van der Waals surface area contributed by atoms with E-state index < -0.39 is 5.82 Å². The van der Waals surface area contributed by atoms with Crippen LogP contribution in [0.5, 0.6) is 0 Å². The van der Waals surface area contributed by atoms with Crippen LogP contribution in [-0.2, 0) is 0 Å². The molecule has 2 rings (SSSR count). The van der Waals surface area contributed by atoms with Gasteiger partial charge in [0.1, 0.15) is 5.82 Å². The van der Waals surface area contributed by atoms with Gasteiger partial charge >= 0.3 is 0 Å². The van der Waals surface area contributed by atoms with Crippen molar-refractivity contribution in [3.63, 3.8) is 0 Å². The fourth-order valence-electron chi connectivity index (χ4n) is 2.32. The standard InChI is InChI=1S/C14H19FN2O/c1-10-4-5-13(15)12(8-10)14(18)17-7-6-11(9-17)16(2)3/h4-5,8,11H,6-7,9H2,1-3H3. The molecule has 3 nitrogen and oxygen atoms in total. The van der Waals surface area contributed by atoms with Gasteiger partial charge in [-0.3, -0.25) is 4.79 Å². The molecule has 1 aliphatic rings. The van der Waals surface area contributed by atoms with Crippen molar-refractivity contribution in [2.45, 2.75) is 19.4 Å².